The Balaban J connectivity index is 1.85. The van der Waals surface area contributed by atoms with Gasteiger partial charge in [-0.3, -0.25) is 4.79 Å². The molecule has 1 N–H and O–H groups in total. The minimum atomic E-state index is -0.137. The van der Waals surface area contributed by atoms with E-state index in [0.29, 0.717) is 32.8 Å². The van der Waals surface area contributed by atoms with Gasteiger partial charge < -0.3 is 19.9 Å². The first kappa shape index (κ1) is 15.2. The van der Waals surface area contributed by atoms with E-state index in [1.807, 2.05) is 31.2 Å². The van der Waals surface area contributed by atoms with E-state index in [0.717, 1.165) is 11.4 Å². The lowest BCUT2D eigenvalue weighted by Crippen LogP contribution is -2.51. The van der Waals surface area contributed by atoms with Gasteiger partial charge in [0.05, 0.1) is 6.61 Å². The van der Waals surface area contributed by atoms with Crippen molar-refractivity contribution in [3.05, 3.63) is 24.3 Å². The topological polar surface area (TPSA) is 61.9 Å². The first-order valence-electron chi connectivity index (χ1n) is 7.14. The number of benzene rings is 1. The van der Waals surface area contributed by atoms with Crippen molar-refractivity contribution in [3.63, 3.8) is 0 Å². The van der Waals surface area contributed by atoms with Crippen LogP contribution in [0.1, 0.15) is 13.8 Å². The Hall–Kier alpha value is -2.24. The molecule has 0 aliphatic carbocycles. The van der Waals surface area contributed by atoms with Crippen LogP contribution in [0.2, 0.25) is 0 Å². The van der Waals surface area contributed by atoms with Gasteiger partial charge >= 0.3 is 6.03 Å². The Labute approximate surface area is 124 Å². The summed E-state index contributed by atoms with van der Waals surface area (Å²) in [5, 5.41) is 2.85. The molecule has 2 rings (SSSR count). The average Bonchev–Trinajstić information content (AvgIpc) is 2.49. The molecule has 1 aliphatic rings. The van der Waals surface area contributed by atoms with E-state index in [9.17, 15) is 9.59 Å². The zero-order chi connectivity index (χ0) is 15.2. The van der Waals surface area contributed by atoms with Gasteiger partial charge in [-0.15, -0.1) is 0 Å². The van der Waals surface area contributed by atoms with Gasteiger partial charge in [0.2, 0.25) is 5.91 Å². The van der Waals surface area contributed by atoms with Crippen LogP contribution in [0.15, 0.2) is 24.3 Å². The summed E-state index contributed by atoms with van der Waals surface area (Å²) >= 11 is 0. The van der Waals surface area contributed by atoms with Gasteiger partial charge in [0, 0.05) is 38.8 Å². The average molecular weight is 291 g/mol. The highest BCUT2D eigenvalue weighted by Crippen LogP contribution is 2.16. The summed E-state index contributed by atoms with van der Waals surface area (Å²) in [6.45, 7) is 6.39. The number of carbonyl (C=O) groups is 2. The highest BCUT2D eigenvalue weighted by Gasteiger charge is 2.22. The van der Waals surface area contributed by atoms with Crippen LogP contribution in [0.3, 0.4) is 0 Å². The highest BCUT2D eigenvalue weighted by molar-refractivity contribution is 5.89. The van der Waals surface area contributed by atoms with Crippen LogP contribution in [0, 0.1) is 0 Å². The Kier molecular flexibility index (Phi) is 5.03. The third-order valence-electron chi connectivity index (χ3n) is 3.43. The summed E-state index contributed by atoms with van der Waals surface area (Å²) in [6.07, 6.45) is 0. The van der Waals surface area contributed by atoms with Crippen LogP contribution in [-0.2, 0) is 4.79 Å². The molecule has 21 heavy (non-hydrogen) atoms. The molecule has 1 aromatic rings. The van der Waals surface area contributed by atoms with E-state index in [2.05, 4.69) is 5.32 Å². The zero-order valence-electron chi connectivity index (χ0n) is 12.5. The number of nitrogens with zero attached hydrogens (tertiary/aromatic N) is 2. The Morgan fingerprint density at radius 2 is 1.67 bits per heavy atom. The SMILES string of the molecule is CCOc1ccc(NC(=O)N2CCN(C(C)=O)CC2)cc1. The van der Waals surface area contributed by atoms with Crippen molar-refractivity contribution < 1.29 is 14.3 Å². The second kappa shape index (κ2) is 6.97. The van der Waals surface area contributed by atoms with E-state index in [-0.39, 0.29) is 11.9 Å². The third-order valence-corrected chi connectivity index (χ3v) is 3.43. The number of urea groups is 1. The quantitative estimate of drug-likeness (QED) is 0.923. The highest BCUT2D eigenvalue weighted by atomic mass is 16.5. The molecule has 1 saturated heterocycles. The van der Waals surface area contributed by atoms with E-state index in [1.54, 1.807) is 16.7 Å². The van der Waals surface area contributed by atoms with Crippen molar-refractivity contribution in [3.8, 4) is 5.75 Å². The molecular formula is C15H21N3O3. The third kappa shape index (κ3) is 4.11. The van der Waals surface area contributed by atoms with Gasteiger partial charge in [0.25, 0.3) is 0 Å². The number of piperazine rings is 1. The molecule has 6 heteroatoms. The van der Waals surface area contributed by atoms with Gasteiger partial charge in [-0.25, -0.2) is 4.79 Å². The molecule has 1 aromatic carbocycles. The molecular weight excluding hydrogens is 270 g/mol. The van der Waals surface area contributed by atoms with Crippen LogP contribution in [0.25, 0.3) is 0 Å². The maximum atomic E-state index is 12.1. The standard InChI is InChI=1S/C15H21N3O3/c1-3-21-14-6-4-13(5-7-14)16-15(20)18-10-8-17(9-11-18)12(2)19/h4-7H,3,8-11H2,1-2H3,(H,16,20). The molecule has 1 fully saturated rings. The molecule has 0 radical (unpaired) electrons. The summed E-state index contributed by atoms with van der Waals surface area (Å²) in [6, 6.07) is 7.14. The molecule has 3 amide bonds. The van der Waals surface area contributed by atoms with Crippen molar-refractivity contribution in [1.82, 2.24) is 9.80 Å². The van der Waals surface area contributed by atoms with E-state index >= 15 is 0 Å². The predicted octanol–water partition coefficient (Wildman–Crippen LogP) is 1.78. The van der Waals surface area contributed by atoms with Crippen LogP contribution in [0.5, 0.6) is 5.75 Å². The minimum Gasteiger partial charge on any atom is -0.494 e. The normalized spacial score (nSPS) is 14.8. The lowest BCUT2D eigenvalue weighted by molar-refractivity contribution is -0.130. The van der Waals surface area contributed by atoms with Crippen molar-refractivity contribution in [2.75, 3.05) is 38.1 Å². The molecule has 0 atom stereocenters. The number of hydrogen-bond donors (Lipinski definition) is 1. The molecule has 114 valence electrons. The van der Waals surface area contributed by atoms with E-state index < -0.39 is 0 Å². The van der Waals surface area contributed by atoms with Crippen LogP contribution < -0.4 is 10.1 Å². The number of amides is 3. The van der Waals surface area contributed by atoms with Gasteiger partial charge in [-0.2, -0.15) is 0 Å². The Morgan fingerprint density at radius 3 is 2.19 bits per heavy atom. The molecule has 1 aliphatic heterocycles. The molecule has 6 nitrogen and oxygen atoms in total. The lowest BCUT2D eigenvalue weighted by atomic mass is 10.3. The monoisotopic (exact) mass is 291 g/mol. The number of anilines is 1. The minimum absolute atomic E-state index is 0.0570. The summed E-state index contributed by atoms with van der Waals surface area (Å²) in [5.41, 5.74) is 0.734. The summed E-state index contributed by atoms with van der Waals surface area (Å²) in [7, 11) is 0. The number of carbonyl (C=O) groups excluding carboxylic acids is 2. The second-order valence-electron chi connectivity index (χ2n) is 4.88. The summed E-state index contributed by atoms with van der Waals surface area (Å²) in [4.78, 5) is 26.9. The fraction of sp³-hybridized carbons (Fsp3) is 0.467. The fourth-order valence-electron chi connectivity index (χ4n) is 2.23. The second-order valence-corrected chi connectivity index (χ2v) is 4.88. The largest absolute Gasteiger partial charge is 0.494 e. The summed E-state index contributed by atoms with van der Waals surface area (Å²) < 4.78 is 5.36. The fourth-order valence-corrected chi connectivity index (χ4v) is 2.23. The van der Waals surface area contributed by atoms with Crippen LogP contribution >= 0.6 is 0 Å². The number of nitrogens with one attached hydrogen (secondary N) is 1. The first-order chi connectivity index (χ1) is 10.1. The molecule has 0 unspecified atom stereocenters. The van der Waals surface area contributed by atoms with Gasteiger partial charge in [0.15, 0.2) is 0 Å². The number of rotatable bonds is 3. The number of ether oxygens (including phenoxy) is 1. The van der Waals surface area contributed by atoms with E-state index in [1.165, 1.54) is 0 Å². The van der Waals surface area contributed by atoms with Crippen molar-refractivity contribution in [2.24, 2.45) is 0 Å². The number of hydrogen-bond acceptors (Lipinski definition) is 3. The van der Waals surface area contributed by atoms with Crippen molar-refractivity contribution in [2.45, 2.75) is 13.8 Å². The maximum Gasteiger partial charge on any atom is 0.321 e. The molecule has 1 heterocycles. The molecule has 0 bridgehead atoms. The van der Waals surface area contributed by atoms with Crippen molar-refractivity contribution >= 4 is 17.6 Å². The lowest BCUT2D eigenvalue weighted by Gasteiger charge is -2.34. The molecule has 0 aromatic heterocycles. The van der Waals surface area contributed by atoms with Crippen LogP contribution in [0.4, 0.5) is 10.5 Å². The Bertz CT molecular complexity index is 493. The van der Waals surface area contributed by atoms with Gasteiger partial charge in [-0.1, -0.05) is 0 Å². The van der Waals surface area contributed by atoms with Crippen LogP contribution in [-0.4, -0.2) is 54.5 Å². The van der Waals surface area contributed by atoms with Crippen molar-refractivity contribution in [1.29, 1.82) is 0 Å². The maximum absolute atomic E-state index is 12.1. The molecule has 0 saturated carbocycles. The zero-order valence-corrected chi connectivity index (χ0v) is 12.5. The van der Waals surface area contributed by atoms with Gasteiger partial charge in [-0.05, 0) is 31.2 Å². The predicted molar refractivity (Wildman–Crippen MR) is 80.5 cm³/mol. The smallest absolute Gasteiger partial charge is 0.321 e. The van der Waals surface area contributed by atoms with Gasteiger partial charge in [0.1, 0.15) is 5.75 Å². The first-order valence-corrected chi connectivity index (χ1v) is 7.14. The van der Waals surface area contributed by atoms with E-state index in [4.69, 9.17) is 4.74 Å². The Morgan fingerprint density at radius 1 is 1.10 bits per heavy atom. The summed E-state index contributed by atoms with van der Waals surface area (Å²) in [5.74, 6) is 0.840. The molecule has 0 spiro atoms.